The quantitative estimate of drug-likeness (QED) is 0.878. The Hall–Kier alpha value is -1.26. The number of benzene rings is 1. The zero-order valence-electron chi connectivity index (χ0n) is 12.1. The van der Waals surface area contributed by atoms with Crippen LogP contribution in [-0.2, 0) is 0 Å². The van der Waals surface area contributed by atoms with Gasteiger partial charge in [-0.05, 0) is 50.3 Å². The van der Waals surface area contributed by atoms with E-state index in [1.807, 2.05) is 12.1 Å². The first-order chi connectivity index (χ1) is 10.1. The predicted octanol–water partition coefficient (Wildman–Crippen LogP) is 2.41. The third-order valence-corrected chi connectivity index (χ3v) is 4.78. The Bertz CT molecular complexity index is 522. The van der Waals surface area contributed by atoms with Gasteiger partial charge in [-0.25, -0.2) is 0 Å². The standard InChI is InChI=1S/C16H22ClN3O/c17-13-2-1-3-14(15(13)16(18)21)20-8-6-12(7-9-20)19-10-11-4-5-11/h1-3,11-12,19H,4-10H2,(H2,18,21). The molecule has 3 rings (SSSR count). The molecule has 1 aromatic carbocycles. The number of amides is 1. The van der Waals surface area contributed by atoms with E-state index in [4.69, 9.17) is 17.3 Å². The van der Waals surface area contributed by atoms with Crippen molar-refractivity contribution in [2.75, 3.05) is 24.5 Å². The number of anilines is 1. The Morgan fingerprint density at radius 3 is 2.62 bits per heavy atom. The van der Waals surface area contributed by atoms with Gasteiger partial charge in [0.25, 0.3) is 5.91 Å². The van der Waals surface area contributed by atoms with Crippen LogP contribution in [0.3, 0.4) is 0 Å². The number of hydrogen-bond donors (Lipinski definition) is 2. The Balaban J connectivity index is 1.63. The molecule has 1 amide bonds. The number of carbonyl (C=O) groups excluding carboxylic acids is 1. The molecular formula is C16H22ClN3O. The number of nitrogens with one attached hydrogen (secondary N) is 1. The monoisotopic (exact) mass is 307 g/mol. The van der Waals surface area contributed by atoms with Gasteiger partial charge in [0.15, 0.2) is 0 Å². The fourth-order valence-corrected chi connectivity index (χ4v) is 3.26. The van der Waals surface area contributed by atoms with Crippen LogP contribution in [0.1, 0.15) is 36.0 Å². The molecular weight excluding hydrogens is 286 g/mol. The number of primary amides is 1. The summed E-state index contributed by atoms with van der Waals surface area (Å²) in [4.78, 5) is 13.9. The molecule has 0 aromatic heterocycles. The van der Waals surface area contributed by atoms with Crippen LogP contribution in [0.5, 0.6) is 0 Å². The van der Waals surface area contributed by atoms with Crippen LogP contribution in [-0.4, -0.2) is 31.6 Å². The van der Waals surface area contributed by atoms with Crippen LogP contribution < -0.4 is 16.0 Å². The second-order valence-corrected chi connectivity index (χ2v) is 6.52. The Morgan fingerprint density at radius 2 is 2.00 bits per heavy atom. The Labute approximate surface area is 130 Å². The highest BCUT2D eigenvalue weighted by Gasteiger charge is 2.26. The van der Waals surface area contributed by atoms with E-state index in [-0.39, 0.29) is 0 Å². The highest BCUT2D eigenvalue weighted by molar-refractivity contribution is 6.34. The smallest absolute Gasteiger partial charge is 0.252 e. The molecule has 0 bridgehead atoms. The molecule has 114 valence electrons. The third-order valence-electron chi connectivity index (χ3n) is 4.47. The summed E-state index contributed by atoms with van der Waals surface area (Å²) in [5.41, 5.74) is 6.79. The average molecular weight is 308 g/mol. The molecule has 2 aliphatic rings. The molecule has 5 heteroatoms. The van der Waals surface area contributed by atoms with Crippen molar-refractivity contribution in [2.24, 2.45) is 11.7 Å². The Morgan fingerprint density at radius 1 is 1.29 bits per heavy atom. The van der Waals surface area contributed by atoms with E-state index in [2.05, 4.69) is 10.2 Å². The highest BCUT2D eigenvalue weighted by atomic mass is 35.5. The summed E-state index contributed by atoms with van der Waals surface area (Å²) in [6.45, 7) is 3.03. The predicted molar refractivity (Wildman–Crippen MR) is 85.9 cm³/mol. The first-order valence-electron chi connectivity index (χ1n) is 7.72. The van der Waals surface area contributed by atoms with Gasteiger partial charge >= 0.3 is 0 Å². The van der Waals surface area contributed by atoms with Crippen molar-refractivity contribution in [1.82, 2.24) is 5.32 Å². The van der Waals surface area contributed by atoms with Gasteiger partial charge in [0.1, 0.15) is 0 Å². The molecule has 0 spiro atoms. The maximum absolute atomic E-state index is 11.6. The van der Waals surface area contributed by atoms with Crippen molar-refractivity contribution < 1.29 is 4.79 Å². The minimum Gasteiger partial charge on any atom is -0.371 e. The van der Waals surface area contributed by atoms with E-state index in [1.54, 1.807) is 6.07 Å². The van der Waals surface area contributed by atoms with Crippen LogP contribution in [0, 0.1) is 5.92 Å². The minimum atomic E-state index is -0.454. The zero-order valence-corrected chi connectivity index (χ0v) is 12.9. The topological polar surface area (TPSA) is 58.4 Å². The number of carbonyl (C=O) groups is 1. The summed E-state index contributed by atoms with van der Waals surface area (Å²) in [7, 11) is 0. The van der Waals surface area contributed by atoms with Crippen LogP contribution in [0.2, 0.25) is 5.02 Å². The first-order valence-corrected chi connectivity index (χ1v) is 8.09. The van der Waals surface area contributed by atoms with Gasteiger partial charge in [0.05, 0.1) is 16.3 Å². The summed E-state index contributed by atoms with van der Waals surface area (Å²) >= 11 is 6.12. The summed E-state index contributed by atoms with van der Waals surface area (Å²) in [5, 5.41) is 4.10. The van der Waals surface area contributed by atoms with Crippen LogP contribution in [0.25, 0.3) is 0 Å². The van der Waals surface area contributed by atoms with Crippen molar-refractivity contribution in [3.63, 3.8) is 0 Å². The SMILES string of the molecule is NC(=O)c1c(Cl)cccc1N1CCC(NCC2CC2)CC1. The zero-order chi connectivity index (χ0) is 14.8. The van der Waals surface area contributed by atoms with E-state index in [0.29, 0.717) is 16.6 Å². The molecule has 1 aromatic rings. The van der Waals surface area contributed by atoms with Crippen molar-refractivity contribution in [3.8, 4) is 0 Å². The number of halogens is 1. The molecule has 1 heterocycles. The third kappa shape index (κ3) is 3.50. The summed E-state index contributed by atoms with van der Waals surface area (Å²) in [5.74, 6) is 0.460. The van der Waals surface area contributed by atoms with Crippen LogP contribution in [0.15, 0.2) is 18.2 Å². The van der Waals surface area contributed by atoms with Gasteiger partial charge in [-0.1, -0.05) is 17.7 Å². The summed E-state index contributed by atoms with van der Waals surface area (Å²) in [6.07, 6.45) is 4.96. The molecule has 1 aliphatic heterocycles. The van der Waals surface area contributed by atoms with Gasteiger partial charge in [0.2, 0.25) is 0 Å². The summed E-state index contributed by atoms with van der Waals surface area (Å²) in [6, 6.07) is 6.12. The molecule has 21 heavy (non-hydrogen) atoms. The van der Waals surface area contributed by atoms with Crippen LogP contribution in [0.4, 0.5) is 5.69 Å². The van der Waals surface area contributed by atoms with Crippen LogP contribution >= 0.6 is 11.6 Å². The lowest BCUT2D eigenvalue weighted by molar-refractivity contribution is 0.100. The normalized spacial score (nSPS) is 19.8. The van der Waals surface area contributed by atoms with E-state index in [0.717, 1.165) is 44.1 Å². The average Bonchev–Trinajstić information content (AvgIpc) is 3.29. The fraction of sp³-hybridized carbons (Fsp3) is 0.562. The molecule has 2 fully saturated rings. The lowest BCUT2D eigenvalue weighted by atomic mass is 10.0. The molecule has 4 nitrogen and oxygen atoms in total. The lowest BCUT2D eigenvalue weighted by Gasteiger charge is -2.35. The highest BCUT2D eigenvalue weighted by Crippen LogP contribution is 2.30. The number of nitrogens with zero attached hydrogens (tertiary/aromatic N) is 1. The fourth-order valence-electron chi connectivity index (χ4n) is 3.00. The number of hydrogen-bond acceptors (Lipinski definition) is 3. The number of piperidine rings is 1. The molecule has 3 N–H and O–H groups in total. The van der Waals surface area contributed by atoms with Crippen molar-refractivity contribution in [2.45, 2.75) is 31.7 Å². The van der Waals surface area contributed by atoms with E-state index < -0.39 is 5.91 Å². The molecule has 0 atom stereocenters. The van der Waals surface area contributed by atoms with Crippen molar-refractivity contribution in [3.05, 3.63) is 28.8 Å². The van der Waals surface area contributed by atoms with Gasteiger partial charge in [-0.2, -0.15) is 0 Å². The maximum Gasteiger partial charge on any atom is 0.252 e. The van der Waals surface area contributed by atoms with Gasteiger partial charge in [-0.3, -0.25) is 4.79 Å². The molecule has 0 unspecified atom stereocenters. The molecule has 1 aliphatic carbocycles. The second kappa shape index (κ2) is 6.24. The molecule has 1 saturated carbocycles. The Kier molecular flexibility index (Phi) is 4.36. The van der Waals surface area contributed by atoms with E-state index in [9.17, 15) is 4.79 Å². The maximum atomic E-state index is 11.6. The van der Waals surface area contributed by atoms with E-state index in [1.165, 1.54) is 12.8 Å². The summed E-state index contributed by atoms with van der Waals surface area (Å²) < 4.78 is 0. The van der Waals surface area contributed by atoms with Crippen molar-refractivity contribution >= 4 is 23.2 Å². The second-order valence-electron chi connectivity index (χ2n) is 6.11. The van der Waals surface area contributed by atoms with Gasteiger partial charge in [-0.15, -0.1) is 0 Å². The lowest BCUT2D eigenvalue weighted by Crippen LogP contribution is -2.43. The number of rotatable bonds is 5. The number of nitrogens with two attached hydrogens (primary N) is 1. The van der Waals surface area contributed by atoms with Crippen molar-refractivity contribution in [1.29, 1.82) is 0 Å². The van der Waals surface area contributed by atoms with E-state index >= 15 is 0 Å². The molecule has 1 saturated heterocycles. The molecule has 0 radical (unpaired) electrons. The van der Waals surface area contributed by atoms with Gasteiger partial charge < -0.3 is 16.0 Å². The minimum absolute atomic E-state index is 0.439. The van der Waals surface area contributed by atoms with Gasteiger partial charge in [0, 0.05) is 19.1 Å². The first kappa shape index (κ1) is 14.7. The largest absolute Gasteiger partial charge is 0.371 e.